The van der Waals surface area contributed by atoms with E-state index >= 15 is 0 Å². The van der Waals surface area contributed by atoms with Gasteiger partial charge in [0.25, 0.3) is 5.56 Å². The molecular formula is C15H19N5O3. The van der Waals surface area contributed by atoms with Gasteiger partial charge in [0.1, 0.15) is 0 Å². The summed E-state index contributed by atoms with van der Waals surface area (Å²) in [5.41, 5.74) is -0.271. The van der Waals surface area contributed by atoms with Gasteiger partial charge in [-0.25, -0.2) is 9.89 Å². The number of H-pyrrole nitrogens is 1. The number of carbonyl (C=O) groups is 1. The third-order valence-electron chi connectivity index (χ3n) is 3.11. The molecule has 0 aliphatic rings. The second kappa shape index (κ2) is 7.95. The van der Waals surface area contributed by atoms with Gasteiger partial charge < -0.3 is 21.1 Å². The second-order valence-electron chi connectivity index (χ2n) is 4.86. The lowest BCUT2D eigenvalue weighted by Crippen LogP contribution is -2.41. The molecule has 5 N–H and O–H groups in total. The molecule has 122 valence electrons. The molecular weight excluding hydrogens is 298 g/mol. The fourth-order valence-corrected chi connectivity index (χ4v) is 1.97. The maximum Gasteiger partial charge on any atom is 0.315 e. The standard InChI is InChI=1S/C15H19N5O3/c1-2-7-16-15(23)18-9-10(21)8-17-13-11-5-3-4-6-12(11)14(22)20-19-13/h2-6,10,21H,1,7-9H2,(H,17,19)(H,20,22)(H2,16,18,23). The topological polar surface area (TPSA) is 119 Å². The predicted molar refractivity (Wildman–Crippen MR) is 88.5 cm³/mol. The summed E-state index contributed by atoms with van der Waals surface area (Å²) in [6.07, 6.45) is 0.752. The molecule has 1 heterocycles. The Labute approximate surface area is 132 Å². The number of benzene rings is 1. The quantitative estimate of drug-likeness (QED) is 0.467. The van der Waals surface area contributed by atoms with Gasteiger partial charge in [-0.2, -0.15) is 5.10 Å². The highest BCUT2D eigenvalue weighted by Gasteiger charge is 2.09. The van der Waals surface area contributed by atoms with Crippen molar-refractivity contribution >= 4 is 22.6 Å². The van der Waals surface area contributed by atoms with Crippen molar-refractivity contribution in [2.24, 2.45) is 0 Å². The Kier molecular flexibility index (Phi) is 5.70. The Balaban J connectivity index is 1.91. The lowest BCUT2D eigenvalue weighted by Gasteiger charge is -2.14. The van der Waals surface area contributed by atoms with Gasteiger partial charge in [0.2, 0.25) is 0 Å². The highest BCUT2D eigenvalue weighted by atomic mass is 16.3. The molecule has 1 aromatic carbocycles. The van der Waals surface area contributed by atoms with Crippen LogP contribution in [0.25, 0.3) is 10.8 Å². The van der Waals surface area contributed by atoms with Gasteiger partial charge in [0.15, 0.2) is 5.82 Å². The lowest BCUT2D eigenvalue weighted by atomic mass is 10.2. The van der Waals surface area contributed by atoms with Crippen LogP contribution in [0.3, 0.4) is 0 Å². The summed E-state index contributed by atoms with van der Waals surface area (Å²) in [4.78, 5) is 23.0. The van der Waals surface area contributed by atoms with E-state index in [1.54, 1.807) is 30.3 Å². The van der Waals surface area contributed by atoms with E-state index in [2.05, 4.69) is 32.7 Å². The first kappa shape index (κ1) is 16.5. The number of fused-ring (bicyclic) bond motifs is 1. The third kappa shape index (κ3) is 4.55. The van der Waals surface area contributed by atoms with E-state index in [4.69, 9.17) is 0 Å². The fraction of sp³-hybridized carbons (Fsp3) is 0.267. The highest BCUT2D eigenvalue weighted by Crippen LogP contribution is 2.16. The average molecular weight is 317 g/mol. The SMILES string of the molecule is C=CCNC(=O)NCC(O)CNc1n[nH]c(=O)c2ccccc12. The van der Waals surface area contributed by atoms with E-state index in [-0.39, 0.29) is 24.7 Å². The number of rotatable bonds is 7. The van der Waals surface area contributed by atoms with E-state index in [1.165, 1.54) is 0 Å². The van der Waals surface area contributed by atoms with E-state index in [0.717, 1.165) is 0 Å². The van der Waals surface area contributed by atoms with Crippen molar-refractivity contribution in [1.29, 1.82) is 0 Å². The normalized spacial score (nSPS) is 11.7. The molecule has 0 radical (unpaired) electrons. The smallest absolute Gasteiger partial charge is 0.315 e. The molecule has 0 fully saturated rings. The van der Waals surface area contributed by atoms with Crippen LogP contribution in [0, 0.1) is 0 Å². The molecule has 1 atom stereocenters. The van der Waals surface area contributed by atoms with E-state index in [9.17, 15) is 14.7 Å². The van der Waals surface area contributed by atoms with Gasteiger partial charge in [-0.05, 0) is 6.07 Å². The number of hydrogen-bond acceptors (Lipinski definition) is 5. The van der Waals surface area contributed by atoms with Crippen LogP contribution in [0.4, 0.5) is 10.6 Å². The zero-order valence-corrected chi connectivity index (χ0v) is 12.5. The zero-order valence-electron chi connectivity index (χ0n) is 12.5. The van der Waals surface area contributed by atoms with Crippen molar-refractivity contribution in [3.63, 3.8) is 0 Å². The molecule has 0 spiro atoms. The maximum absolute atomic E-state index is 11.7. The van der Waals surface area contributed by atoms with Crippen LogP contribution in [0.1, 0.15) is 0 Å². The number of hydrogen-bond donors (Lipinski definition) is 5. The number of amides is 2. The molecule has 2 aromatic rings. The van der Waals surface area contributed by atoms with Crippen molar-refractivity contribution < 1.29 is 9.90 Å². The van der Waals surface area contributed by atoms with Crippen molar-refractivity contribution in [3.05, 3.63) is 47.3 Å². The maximum atomic E-state index is 11.7. The van der Waals surface area contributed by atoms with Crippen molar-refractivity contribution in [2.75, 3.05) is 25.0 Å². The predicted octanol–water partition coefficient (Wildman–Crippen LogP) is 0.181. The molecule has 2 rings (SSSR count). The largest absolute Gasteiger partial charge is 0.389 e. The molecule has 8 heteroatoms. The molecule has 8 nitrogen and oxygen atoms in total. The van der Waals surface area contributed by atoms with Crippen LogP contribution in [0.15, 0.2) is 41.7 Å². The summed E-state index contributed by atoms with van der Waals surface area (Å²) in [7, 11) is 0. The number of urea groups is 1. The molecule has 0 aliphatic heterocycles. The molecule has 0 bridgehead atoms. The minimum Gasteiger partial charge on any atom is -0.389 e. The lowest BCUT2D eigenvalue weighted by molar-refractivity contribution is 0.181. The summed E-state index contributed by atoms with van der Waals surface area (Å²) in [5.74, 6) is 0.468. The Morgan fingerprint density at radius 2 is 2.04 bits per heavy atom. The number of anilines is 1. The molecule has 1 unspecified atom stereocenters. The molecule has 1 aromatic heterocycles. The van der Waals surface area contributed by atoms with Gasteiger partial charge in [-0.3, -0.25) is 4.79 Å². The first-order chi connectivity index (χ1) is 11.1. The van der Waals surface area contributed by atoms with E-state index in [1.807, 2.05) is 0 Å². The van der Waals surface area contributed by atoms with Crippen LogP contribution >= 0.6 is 0 Å². The monoisotopic (exact) mass is 317 g/mol. The summed E-state index contributed by atoms with van der Waals surface area (Å²) >= 11 is 0. The number of aromatic amines is 1. The number of aromatic nitrogens is 2. The average Bonchev–Trinajstić information content (AvgIpc) is 2.57. The van der Waals surface area contributed by atoms with Gasteiger partial charge >= 0.3 is 6.03 Å². The van der Waals surface area contributed by atoms with Crippen LogP contribution in [0.2, 0.25) is 0 Å². The summed E-state index contributed by atoms with van der Waals surface area (Å²) in [5, 5.41) is 25.4. The minimum absolute atomic E-state index is 0.0806. The summed E-state index contributed by atoms with van der Waals surface area (Å²) in [6.45, 7) is 4.09. The minimum atomic E-state index is -0.808. The third-order valence-corrected chi connectivity index (χ3v) is 3.11. The van der Waals surface area contributed by atoms with Crippen molar-refractivity contribution in [3.8, 4) is 0 Å². The molecule has 23 heavy (non-hydrogen) atoms. The Bertz CT molecular complexity index is 743. The summed E-state index contributed by atoms with van der Waals surface area (Å²) in [6, 6.07) is 6.66. The van der Waals surface area contributed by atoms with E-state index < -0.39 is 6.10 Å². The van der Waals surface area contributed by atoms with Crippen molar-refractivity contribution in [2.45, 2.75) is 6.10 Å². The van der Waals surface area contributed by atoms with Gasteiger partial charge in [-0.1, -0.05) is 24.3 Å². The van der Waals surface area contributed by atoms with Gasteiger partial charge in [0.05, 0.1) is 11.5 Å². The van der Waals surface area contributed by atoms with Crippen LogP contribution < -0.4 is 21.5 Å². The first-order valence-electron chi connectivity index (χ1n) is 7.13. The molecule has 0 saturated heterocycles. The highest BCUT2D eigenvalue weighted by molar-refractivity contribution is 5.90. The number of nitrogens with one attached hydrogen (secondary N) is 4. The summed E-state index contributed by atoms with van der Waals surface area (Å²) < 4.78 is 0. The zero-order chi connectivity index (χ0) is 16.7. The van der Waals surface area contributed by atoms with Crippen LogP contribution in [0.5, 0.6) is 0 Å². The number of nitrogens with zero attached hydrogens (tertiary/aromatic N) is 1. The van der Waals surface area contributed by atoms with Gasteiger partial charge in [0, 0.05) is 25.0 Å². The van der Waals surface area contributed by atoms with Crippen LogP contribution in [-0.2, 0) is 0 Å². The molecule has 2 amide bonds. The van der Waals surface area contributed by atoms with E-state index in [0.29, 0.717) is 23.1 Å². The Morgan fingerprint density at radius 3 is 2.78 bits per heavy atom. The number of aliphatic hydroxyl groups excluding tert-OH is 1. The Morgan fingerprint density at radius 1 is 1.30 bits per heavy atom. The molecule has 0 saturated carbocycles. The first-order valence-corrected chi connectivity index (χ1v) is 7.13. The Hall–Kier alpha value is -2.87. The second-order valence-corrected chi connectivity index (χ2v) is 4.86. The number of aliphatic hydroxyl groups is 1. The molecule has 0 aliphatic carbocycles. The van der Waals surface area contributed by atoms with Crippen LogP contribution in [-0.4, -0.2) is 47.1 Å². The van der Waals surface area contributed by atoms with Gasteiger partial charge in [-0.15, -0.1) is 6.58 Å². The fourth-order valence-electron chi connectivity index (χ4n) is 1.97. The number of carbonyl (C=O) groups excluding carboxylic acids is 1. The van der Waals surface area contributed by atoms with Crippen molar-refractivity contribution in [1.82, 2.24) is 20.8 Å².